The van der Waals surface area contributed by atoms with Crippen LogP contribution in [0.2, 0.25) is 0 Å². The summed E-state index contributed by atoms with van der Waals surface area (Å²) in [7, 11) is 0. The van der Waals surface area contributed by atoms with Gasteiger partial charge < -0.3 is 15.9 Å². The molecule has 0 aliphatic heterocycles. The number of carbonyl (C=O) groups is 1. The van der Waals surface area contributed by atoms with E-state index < -0.39 is 5.97 Å². The summed E-state index contributed by atoms with van der Waals surface area (Å²) in [4.78, 5) is 10.3. The van der Waals surface area contributed by atoms with Gasteiger partial charge in [-0.3, -0.25) is 0 Å². The van der Waals surface area contributed by atoms with E-state index in [2.05, 4.69) is 12.1 Å². The molecule has 0 amide bonds. The van der Waals surface area contributed by atoms with Crippen molar-refractivity contribution in [2.24, 2.45) is 5.73 Å². The van der Waals surface area contributed by atoms with Crippen LogP contribution in [0.3, 0.4) is 0 Å². The first-order chi connectivity index (χ1) is 9.50. The van der Waals surface area contributed by atoms with Crippen molar-refractivity contribution in [1.82, 2.24) is 0 Å². The monoisotopic (exact) mass is 273 g/mol. The van der Waals surface area contributed by atoms with E-state index in [0.717, 1.165) is 6.42 Å². The minimum Gasteiger partial charge on any atom is -0.507 e. The fourth-order valence-corrected chi connectivity index (χ4v) is 1.64. The van der Waals surface area contributed by atoms with E-state index in [1.165, 1.54) is 17.7 Å². The minimum atomic E-state index is -1.11. The number of rotatable bonds is 3. The molecule has 0 bridgehead atoms. The van der Waals surface area contributed by atoms with Crippen molar-refractivity contribution in [1.29, 1.82) is 0 Å². The second kappa shape index (κ2) is 7.96. The zero-order valence-corrected chi connectivity index (χ0v) is 11.4. The summed E-state index contributed by atoms with van der Waals surface area (Å²) < 4.78 is 0. The van der Waals surface area contributed by atoms with Gasteiger partial charge in [-0.25, -0.2) is 4.79 Å². The first-order valence-electron chi connectivity index (χ1n) is 6.31. The third-order valence-electron chi connectivity index (χ3n) is 2.53. The Kier molecular flexibility index (Phi) is 6.26. The van der Waals surface area contributed by atoms with Gasteiger partial charge in [0.05, 0.1) is 0 Å². The third kappa shape index (κ3) is 5.54. The van der Waals surface area contributed by atoms with Crippen LogP contribution < -0.4 is 5.73 Å². The summed E-state index contributed by atoms with van der Waals surface area (Å²) in [5, 5.41) is 17.3. The second-order valence-electron chi connectivity index (χ2n) is 4.49. The summed E-state index contributed by atoms with van der Waals surface area (Å²) in [5.74, 6) is -1.31. The molecule has 0 saturated carbocycles. The Balaban J connectivity index is 0.000000200. The van der Waals surface area contributed by atoms with Gasteiger partial charge in [0.2, 0.25) is 0 Å². The molecule has 0 saturated heterocycles. The van der Waals surface area contributed by atoms with Crippen LogP contribution >= 0.6 is 0 Å². The number of phenols is 1. The quantitative estimate of drug-likeness (QED) is 0.802. The lowest BCUT2D eigenvalue weighted by molar-refractivity contribution is 0.0693. The van der Waals surface area contributed by atoms with Crippen molar-refractivity contribution >= 4 is 5.97 Å². The van der Waals surface area contributed by atoms with Crippen LogP contribution in [0.4, 0.5) is 0 Å². The highest BCUT2D eigenvalue weighted by Gasteiger charge is 2.05. The van der Waals surface area contributed by atoms with Crippen LogP contribution in [0, 0.1) is 0 Å². The molecule has 4 nitrogen and oxygen atoms in total. The number of hydrogen-bond acceptors (Lipinski definition) is 3. The Bertz CT molecular complexity index is 538. The van der Waals surface area contributed by atoms with E-state index in [1.54, 1.807) is 12.1 Å². The number of aromatic carboxylic acids is 1. The van der Waals surface area contributed by atoms with Crippen molar-refractivity contribution in [3.05, 3.63) is 65.7 Å². The largest absolute Gasteiger partial charge is 0.507 e. The maximum absolute atomic E-state index is 10.3. The van der Waals surface area contributed by atoms with E-state index in [-0.39, 0.29) is 17.4 Å². The zero-order chi connectivity index (χ0) is 15.0. The van der Waals surface area contributed by atoms with Crippen LogP contribution in [-0.2, 0) is 6.42 Å². The highest BCUT2D eigenvalue weighted by Crippen LogP contribution is 2.14. The van der Waals surface area contributed by atoms with Crippen molar-refractivity contribution in [3.63, 3.8) is 0 Å². The molecule has 1 unspecified atom stereocenters. The van der Waals surface area contributed by atoms with Gasteiger partial charge >= 0.3 is 5.97 Å². The number of carboxylic acid groups (broad SMARTS) is 1. The summed E-state index contributed by atoms with van der Waals surface area (Å²) in [6.07, 6.45) is 0.973. The molecule has 20 heavy (non-hydrogen) atoms. The summed E-state index contributed by atoms with van der Waals surface area (Å²) in [6.45, 7) is 2.02. The van der Waals surface area contributed by atoms with Crippen molar-refractivity contribution in [2.75, 3.05) is 0 Å². The average molecular weight is 273 g/mol. The van der Waals surface area contributed by atoms with Gasteiger partial charge in [-0.2, -0.15) is 0 Å². The molecule has 2 rings (SSSR count). The highest BCUT2D eigenvalue weighted by atomic mass is 16.4. The molecular weight excluding hydrogens is 254 g/mol. The van der Waals surface area contributed by atoms with Gasteiger partial charge in [0, 0.05) is 6.04 Å². The lowest BCUT2D eigenvalue weighted by Gasteiger charge is -2.02. The third-order valence-corrected chi connectivity index (χ3v) is 2.53. The SMILES string of the molecule is CC(N)Cc1ccccc1.O=C(O)c1ccccc1O. The second-order valence-corrected chi connectivity index (χ2v) is 4.49. The van der Waals surface area contributed by atoms with Gasteiger partial charge in [-0.1, -0.05) is 42.5 Å². The van der Waals surface area contributed by atoms with Gasteiger partial charge in [0.1, 0.15) is 11.3 Å². The van der Waals surface area contributed by atoms with Gasteiger partial charge in [0.25, 0.3) is 0 Å². The molecule has 0 spiro atoms. The average Bonchev–Trinajstić information content (AvgIpc) is 2.40. The number of para-hydroxylation sites is 1. The molecule has 4 heteroatoms. The number of benzene rings is 2. The van der Waals surface area contributed by atoms with Gasteiger partial charge in [-0.05, 0) is 31.0 Å². The Morgan fingerprint density at radius 2 is 1.65 bits per heavy atom. The number of hydrogen-bond donors (Lipinski definition) is 3. The summed E-state index contributed by atoms with van der Waals surface area (Å²) in [6, 6.07) is 16.4. The maximum Gasteiger partial charge on any atom is 0.339 e. The maximum atomic E-state index is 10.3. The molecule has 0 aliphatic rings. The van der Waals surface area contributed by atoms with E-state index in [1.807, 2.05) is 25.1 Å². The van der Waals surface area contributed by atoms with Crippen molar-refractivity contribution in [3.8, 4) is 5.75 Å². The number of nitrogens with two attached hydrogens (primary N) is 1. The van der Waals surface area contributed by atoms with Crippen LogP contribution in [0.25, 0.3) is 0 Å². The molecule has 0 fully saturated rings. The standard InChI is InChI=1S/C9H13N.C7H6O3/c1-8(10)7-9-5-3-2-4-6-9;8-6-4-2-1-3-5(6)7(9)10/h2-6,8H,7,10H2,1H3;1-4,8H,(H,9,10). The normalized spacial score (nSPS) is 11.1. The molecule has 1 atom stereocenters. The smallest absolute Gasteiger partial charge is 0.339 e. The minimum absolute atomic E-state index is 0.0671. The van der Waals surface area contributed by atoms with Crippen molar-refractivity contribution < 1.29 is 15.0 Å². The molecular formula is C16H19NO3. The van der Waals surface area contributed by atoms with E-state index in [4.69, 9.17) is 15.9 Å². The lowest BCUT2D eigenvalue weighted by atomic mass is 10.1. The Morgan fingerprint density at radius 1 is 1.10 bits per heavy atom. The fourth-order valence-electron chi connectivity index (χ4n) is 1.64. The topological polar surface area (TPSA) is 83.6 Å². The predicted molar refractivity (Wildman–Crippen MR) is 78.9 cm³/mol. The zero-order valence-electron chi connectivity index (χ0n) is 11.4. The first kappa shape index (κ1) is 15.7. The van der Waals surface area contributed by atoms with Gasteiger partial charge in [-0.15, -0.1) is 0 Å². The Labute approximate surface area is 118 Å². The van der Waals surface area contributed by atoms with E-state index in [0.29, 0.717) is 0 Å². The summed E-state index contributed by atoms with van der Waals surface area (Å²) in [5.41, 5.74) is 6.87. The van der Waals surface area contributed by atoms with Crippen LogP contribution in [-0.4, -0.2) is 22.2 Å². The van der Waals surface area contributed by atoms with Crippen LogP contribution in [0.1, 0.15) is 22.8 Å². The van der Waals surface area contributed by atoms with E-state index >= 15 is 0 Å². The molecule has 0 aliphatic carbocycles. The Morgan fingerprint density at radius 3 is 2.10 bits per heavy atom. The molecule has 0 radical (unpaired) electrons. The lowest BCUT2D eigenvalue weighted by Crippen LogP contribution is -2.17. The molecule has 0 aromatic heterocycles. The van der Waals surface area contributed by atoms with E-state index in [9.17, 15) is 4.79 Å². The van der Waals surface area contributed by atoms with Crippen molar-refractivity contribution in [2.45, 2.75) is 19.4 Å². The molecule has 2 aromatic carbocycles. The molecule has 0 heterocycles. The van der Waals surface area contributed by atoms with Crippen LogP contribution in [0.15, 0.2) is 54.6 Å². The fraction of sp³-hybridized carbons (Fsp3) is 0.188. The first-order valence-corrected chi connectivity index (χ1v) is 6.31. The highest BCUT2D eigenvalue weighted by molar-refractivity contribution is 5.90. The Hall–Kier alpha value is -2.33. The number of aromatic hydroxyl groups is 1. The summed E-state index contributed by atoms with van der Waals surface area (Å²) >= 11 is 0. The molecule has 2 aromatic rings. The van der Waals surface area contributed by atoms with Crippen LogP contribution in [0.5, 0.6) is 5.75 Å². The van der Waals surface area contributed by atoms with Gasteiger partial charge in [0.15, 0.2) is 0 Å². The molecule has 106 valence electrons. The number of carboxylic acids is 1. The predicted octanol–water partition coefficient (Wildman–Crippen LogP) is 2.67. The molecule has 4 N–H and O–H groups in total.